The Labute approximate surface area is 193 Å². The fraction of sp³-hybridized carbons (Fsp3) is 0.722. The van der Waals surface area contributed by atoms with E-state index < -0.39 is 37.5 Å². The van der Waals surface area contributed by atoms with Crippen molar-refractivity contribution >= 4 is 36.2 Å². The van der Waals surface area contributed by atoms with Crippen molar-refractivity contribution in [1.29, 1.82) is 0 Å². The Morgan fingerprint density at radius 1 is 1.24 bits per heavy atom. The molecule has 0 spiro atoms. The molecular formula is C18H25ClN5O8P. The number of hydrogen-bond acceptors (Lipinski definition) is 10. The molecule has 0 bridgehead atoms. The van der Waals surface area contributed by atoms with Crippen LogP contribution in [0.4, 0.5) is 5.82 Å². The molecule has 15 heteroatoms. The second-order valence-electron chi connectivity index (χ2n) is 8.63. The van der Waals surface area contributed by atoms with E-state index in [9.17, 15) is 24.6 Å². The number of halogens is 1. The van der Waals surface area contributed by atoms with Crippen LogP contribution in [0.15, 0.2) is 6.33 Å². The minimum atomic E-state index is -4.61. The molecule has 5 N–H and O–H groups in total. The molecular weight excluding hydrogens is 481 g/mol. The summed E-state index contributed by atoms with van der Waals surface area (Å²) in [5.74, 6) is 0.483. The average molecular weight is 506 g/mol. The van der Waals surface area contributed by atoms with Crippen LogP contribution in [0.5, 0.6) is 0 Å². The standard InChI is InChI=1S/C18H25ClN5O8P/c19-17-22-14(21-9-3-1-2-4-9)11-15(23-17)24(8-20-11)16-13(26)12(25)10(32-16)5-31-18(6-30-7-18)33(27,28)29/h8-10,12-13,16,25-26H,1-7H2,(H,21,22,23)(H2,27,28,29)/t10-,12-,13-,16-/m1/s1. The van der Waals surface area contributed by atoms with Crippen LogP contribution in [0.25, 0.3) is 11.2 Å². The molecule has 4 atom stereocenters. The van der Waals surface area contributed by atoms with Crippen LogP contribution in [0.2, 0.25) is 5.28 Å². The maximum absolute atomic E-state index is 11.8. The molecule has 2 aromatic heterocycles. The van der Waals surface area contributed by atoms with Gasteiger partial charge in [0.15, 0.2) is 23.2 Å². The normalized spacial score (nSPS) is 30.1. The molecule has 2 saturated heterocycles. The van der Waals surface area contributed by atoms with Crippen molar-refractivity contribution in [3.05, 3.63) is 11.6 Å². The monoisotopic (exact) mass is 505 g/mol. The first kappa shape index (κ1) is 23.3. The average Bonchev–Trinajstić information content (AvgIpc) is 3.42. The van der Waals surface area contributed by atoms with Crippen molar-refractivity contribution in [2.45, 2.75) is 61.6 Å². The third-order valence-electron chi connectivity index (χ3n) is 6.40. The highest BCUT2D eigenvalue weighted by molar-refractivity contribution is 7.53. The number of imidazole rings is 1. The van der Waals surface area contributed by atoms with E-state index in [1.807, 2.05) is 0 Å². The third kappa shape index (κ3) is 4.15. The van der Waals surface area contributed by atoms with E-state index in [4.69, 9.17) is 25.8 Å². The number of nitrogens with zero attached hydrogens (tertiary/aromatic N) is 4. The first-order chi connectivity index (χ1) is 15.7. The summed E-state index contributed by atoms with van der Waals surface area (Å²) in [6.45, 7) is -0.908. The van der Waals surface area contributed by atoms with Gasteiger partial charge in [-0.3, -0.25) is 9.13 Å². The van der Waals surface area contributed by atoms with Crippen molar-refractivity contribution in [3.63, 3.8) is 0 Å². The van der Waals surface area contributed by atoms with E-state index in [0.717, 1.165) is 25.7 Å². The first-order valence-corrected chi connectivity index (χ1v) is 12.6. The lowest BCUT2D eigenvalue weighted by Gasteiger charge is -2.41. The number of aliphatic hydroxyl groups is 2. The highest BCUT2D eigenvalue weighted by Gasteiger charge is 2.56. The van der Waals surface area contributed by atoms with E-state index in [0.29, 0.717) is 17.0 Å². The zero-order valence-corrected chi connectivity index (χ0v) is 19.1. The van der Waals surface area contributed by atoms with E-state index >= 15 is 0 Å². The zero-order valence-electron chi connectivity index (χ0n) is 17.4. The molecule has 3 fully saturated rings. The molecule has 1 aliphatic carbocycles. The van der Waals surface area contributed by atoms with Crippen LogP contribution in [0.3, 0.4) is 0 Å². The van der Waals surface area contributed by atoms with Gasteiger partial charge < -0.3 is 39.5 Å². The summed E-state index contributed by atoms with van der Waals surface area (Å²) in [6.07, 6.45) is 0.825. The number of hydrogen-bond donors (Lipinski definition) is 5. The molecule has 2 aromatic rings. The van der Waals surface area contributed by atoms with E-state index in [1.54, 1.807) is 0 Å². The molecule has 0 amide bonds. The number of rotatable bonds is 7. The number of nitrogens with one attached hydrogen (secondary N) is 1. The Morgan fingerprint density at radius 3 is 2.61 bits per heavy atom. The van der Waals surface area contributed by atoms with Crippen molar-refractivity contribution < 1.29 is 38.8 Å². The Bertz CT molecular complexity index is 1070. The predicted octanol–water partition coefficient (Wildman–Crippen LogP) is 0.374. The molecule has 3 aliphatic rings. The van der Waals surface area contributed by atoms with Gasteiger partial charge in [-0.15, -0.1) is 0 Å². The van der Waals surface area contributed by atoms with Gasteiger partial charge >= 0.3 is 7.60 Å². The minimum Gasteiger partial charge on any atom is -0.387 e. The lowest BCUT2D eigenvalue weighted by Crippen LogP contribution is -2.53. The summed E-state index contributed by atoms with van der Waals surface area (Å²) < 4.78 is 29.4. The molecule has 33 heavy (non-hydrogen) atoms. The fourth-order valence-electron chi connectivity index (χ4n) is 4.39. The molecule has 4 heterocycles. The smallest absolute Gasteiger partial charge is 0.361 e. The van der Waals surface area contributed by atoms with Gasteiger partial charge in [-0.05, 0) is 24.4 Å². The van der Waals surface area contributed by atoms with E-state index in [1.165, 1.54) is 10.9 Å². The molecule has 0 radical (unpaired) electrons. The van der Waals surface area contributed by atoms with Crippen LogP contribution < -0.4 is 5.32 Å². The summed E-state index contributed by atoms with van der Waals surface area (Å²) >= 11 is 6.14. The minimum absolute atomic E-state index is 0.00812. The topological polar surface area (TPSA) is 181 Å². The molecule has 182 valence electrons. The van der Waals surface area contributed by atoms with Gasteiger partial charge in [0.25, 0.3) is 0 Å². The summed E-state index contributed by atoms with van der Waals surface area (Å²) in [7, 11) is -4.61. The van der Waals surface area contributed by atoms with Crippen molar-refractivity contribution in [1.82, 2.24) is 19.5 Å². The molecule has 0 aromatic carbocycles. The molecule has 2 aliphatic heterocycles. The van der Waals surface area contributed by atoms with Crippen LogP contribution >= 0.6 is 19.2 Å². The lowest BCUT2D eigenvalue weighted by molar-refractivity contribution is -0.189. The number of aliphatic hydroxyl groups excluding tert-OH is 2. The second-order valence-corrected chi connectivity index (χ2v) is 10.9. The third-order valence-corrected chi connectivity index (χ3v) is 8.02. The largest absolute Gasteiger partial charge is 0.387 e. The first-order valence-electron chi connectivity index (χ1n) is 10.6. The summed E-state index contributed by atoms with van der Waals surface area (Å²) in [6, 6.07) is 0.262. The number of fused-ring (bicyclic) bond motifs is 1. The van der Waals surface area contributed by atoms with Crippen molar-refractivity contribution in [2.24, 2.45) is 0 Å². The Morgan fingerprint density at radius 2 is 1.97 bits per heavy atom. The molecule has 13 nitrogen and oxygen atoms in total. The van der Waals surface area contributed by atoms with Gasteiger partial charge in [-0.1, -0.05) is 12.8 Å². The zero-order chi connectivity index (χ0) is 23.4. The van der Waals surface area contributed by atoms with E-state index in [-0.39, 0.29) is 31.1 Å². The quantitative estimate of drug-likeness (QED) is 0.258. The highest BCUT2D eigenvalue weighted by Crippen LogP contribution is 2.55. The van der Waals surface area contributed by atoms with Crippen LogP contribution in [-0.4, -0.2) is 89.0 Å². The predicted molar refractivity (Wildman–Crippen MR) is 114 cm³/mol. The maximum atomic E-state index is 11.8. The van der Waals surface area contributed by atoms with Crippen LogP contribution in [0.1, 0.15) is 31.9 Å². The van der Waals surface area contributed by atoms with E-state index in [2.05, 4.69) is 20.3 Å². The summed E-state index contributed by atoms with van der Waals surface area (Å²) in [5.41, 5.74) is 0.760. The lowest BCUT2D eigenvalue weighted by atomic mass is 10.1. The van der Waals surface area contributed by atoms with Gasteiger partial charge in [0, 0.05) is 6.04 Å². The van der Waals surface area contributed by atoms with Gasteiger partial charge in [0.1, 0.15) is 18.3 Å². The van der Waals surface area contributed by atoms with Gasteiger partial charge in [0.2, 0.25) is 10.6 Å². The van der Waals surface area contributed by atoms with Crippen molar-refractivity contribution in [3.8, 4) is 0 Å². The SMILES string of the molecule is O=P(O)(O)C1(OC[C@H]2O[C@@H](n3cnc4c(NC5CCCC5)nc(Cl)nc43)[C@H](O)[C@@H]2O)COC1. The Balaban J connectivity index is 1.36. The number of anilines is 1. The fourth-order valence-corrected chi connectivity index (χ4v) is 5.31. The number of ether oxygens (including phenoxy) is 3. The Kier molecular flexibility index (Phi) is 6.13. The summed E-state index contributed by atoms with van der Waals surface area (Å²) in [5, 5.41) is 22.7. The van der Waals surface area contributed by atoms with Gasteiger partial charge in [0.05, 0.1) is 26.1 Å². The van der Waals surface area contributed by atoms with Crippen LogP contribution in [0, 0.1) is 0 Å². The second kappa shape index (κ2) is 8.67. The molecule has 5 rings (SSSR count). The van der Waals surface area contributed by atoms with Gasteiger partial charge in [-0.25, -0.2) is 4.98 Å². The maximum Gasteiger partial charge on any atom is 0.361 e. The van der Waals surface area contributed by atoms with Gasteiger partial charge in [-0.2, -0.15) is 9.97 Å². The highest BCUT2D eigenvalue weighted by atomic mass is 35.5. The van der Waals surface area contributed by atoms with Crippen molar-refractivity contribution in [2.75, 3.05) is 25.1 Å². The van der Waals surface area contributed by atoms with Crippen LogP contribution in [-0.2, 0) is 18.8 Å². The number of aromatic nitrogens is 4. The molecule has 1 saturated carbocycles. The molecule has 0 unspecified atom stereocenters. The Hall–Kier alpha value is -1.41. The summed E-state index contributed by atoms with van der Waals surface area (Å²) in [4.78, 5) is 32.0.